The van der Waals surface area contributed by atoms with Gasteiger partial charge in [-0.25, -0.2) is 0 Å². The first kappa shape index (κ1) is 18.6. The van der Waals surface area contributed by atoms with Gasteiger partial charge in [0.1, 0.15) is 0 Å². The Bertz CT molecular complexity index is 453. The molecule has 6 heteroatoms. The van der Waals surface area contributed by atoms with Gasteiger partial charge in [-0.05, 0) is 50.5 Å². The molecule has 1 heterocycles. The summed E-state index contributed by atoms with van der Waals surface area (Å²) in [4.78, 5) is 15.4. The zero-order valence-corrected chi connectivity index (χ0v) is 14.5. The predicted molar refractivity (Wildman–Crippen MR) is 92.4 cm³/mol. The van der Waals surface area contributed by atoms with Gasteiger partial charge < -0.3 is 10.6 Å². The molecule has 0 aliphatic carbocycles. The van der Waals surface area contributed by atoms with Crippen LogP contribution in [0.25, 0.3) is 0 Å². The van der Waals surface area contributed by atoms with E-state index in [1.54, 1.807) is 11.8 Å². The van der Waals surface area contributed by atoms with Gasteiger partial charge in [-0.15, -0.1) is 24.2 Å². The first-order chi connectivity index (χ1) is 9.58. The van der Waals surface area contributed by atoms with Gasteiger partial charge in [0.25, 0.3) is 0 Å². The van der Waals surface area contributed by atoms with Crippen LogP contribution in [0, 0.1) is 0 Å². The molecule has 0 aromatic heterocycles. The maximum absolute atomic E-state index is 12.4. The highest BCUT2D eigenvalue weighted by molar-refractivity contribution is 8.00. The van der Waals surface area contributed by atoms with Crippen molar-refractivity contribution in [3.63, 3.8) is 0 Å². The van der Waals surface area contributed by atoms with Gasteiger partial charge in [0.05, 0.1) is 5.75 Å². The smallest absolute Gasteiger partial charge is 0.233 e. The summed E-state index contributed by atoms with van der Waals surface area (Å²) in [7, 11) is 0. The van der Waals surface area contributed by atoms with Crippen LogP contribution in [0.1, 0.15) is 26.2 Å². The van der Waals surface area contributed by atoms with Gasteiger partial charge in [0.15, 0.2) is 0 Å². The van der Waals surface area contributed by atoms with Crippen molar-refractivity contribution < 1.29 is 4.79 Å². The predicted octanol–water partition coefficient (Wildman–Crippen LogP) is 3.58. The van der Waals surface area contributed by atoms with Crippen molar-refractivity contribution in [1.29, 1.82) is 0 Å². The van der Waals surface area contributed by atoms with E-state index in [1.165, 1.54) is 6.42 Å². The van der Waals surface area contributed by atoms with Gasteiger partial charge >= 0.3 is 0 Å². The molecule has 1 aliphatic rings. The summed E-state index contributed by atoms with van der Waals surface area (Å²) in [5, 5.41) is 0.716. The first-order valence-electron chi connectivity index (χ1n) is 7.01. The molecule has 0 bridgehead atoms. The van der Waals surface area contributed by atoms with Crippen LogP contribution >= 0.6 is 35.8 Å². The van der Waals surface area contributed by atoms with E-state index < -0.39 is 0 Å². The van der Waals surface area contributed by atoms with E-state index in [9.17, 15) is 4.79 Å². The number of carbonyl (C=O) groups is 1. The summed E-state index contributed by atoms with van der Waals surface area (Å²) in [6.45, 7) is 2.83. The normalized spacial score (nSPS) is 19.8. The minimum absolute atomic E-state index is 0. The number of likely N-dealkylation sites (tertiary alicyclic amines) is 1. The Morgan fingerprint density at radius 3 is 2.71 bits per heavy atom. The van der Waals surface area contributed by atoms with E-state index in [0.717, 1.165) is 24.3 Å². The lowest BCUT2D eigenvalue weighted by molar-refractivity contribution is -0.132. The van der Waals surface area contributed by atoms with Gasteiger partial charge in [-0.3, -0.25) is 4.79 Å². The molecular weight excluding hydrogens is 327 g/mol. The van der Waals surface area contributed by atoms with Crippen molar-refractivity contribution in [1.82, 2.24) is 4.90 Å². The highest BCUT2D eigenvalue weighted by atomic mass is 35.5. The number of halogens is 2. The highest BCUT2D eigenvalue weighted by Gasteiger charge is 2.28. The number of thioether (sulfide) groups is 1. The van der Waals surface area contributed by atoms with E-state index >= 15 is 0 Å². The second-order valence-electron chi connectivity index (χ2n) is 5.25. The second-order valence-corrected chi connectivity index (χ2v) is 6.74. The molecule has 0 radical (unpaired) electrons. The molecular formula is C15H22Cl2N2OS. The third kappa shape index (κ3) is 5.37. The van der Waals surface area contributed by atoms with Crippen LogP contribution in [0.5, 0.6) is 0 Å². The molecule has 2 unspecified atom stereocenters. The number of amides is 1. The van der Waals surface area contributed by atoms with Crippen LogP contribution in [0.4, 0.5) is 0 Å². The molecule has 3 nitrogen and oxygen atoms in total. The summed E-state index contributed by atoms with van der Waals surface area (Å²) < 4.78 is 0. The average molecular weight is 349 g/mol. The Morgan fingerprint density at radius 1 is 1.43 bits per heavy atom. The van der Waals surface area contributed by atoms with Crippen molar-refractivity contribution in [2.24, 2.45) is 5.73 Å². The fourth-order valence-corrected chi connectivity index (χ4v) is 3.48. The molecule has 1 aliphatic heterocycles. The Labute approximate surface area is 142 Å². The zero-order valence-electron chi connectivity index (χ0n) is 12.1. The molecule has 2 N–H and O–H groups in total. The highest BCUT2D eigenvalue weighted by Crippen LogP contribution is 2.24. The van der Waals surface area contributed by atoms with E-state index in [1.807, 2.05) is 36.1 Å². The topological polar surface area (TPSA) is 46.3 Å². The molecule has 118 valence electrons. The van der Waals surface area contributed by atoms with Gasteiger partial charge in [-0.2, -0.15) is 0 Å². The van der Waals surface area contributed by atoms with Crippen molar-refractivity contribution in [3.8, 4) is 0 Å². The monoisotopic (exact) mass is 348 g/mol. The summed E-state index contributed by atoms with van der Waals surface area (Å²) >= 11 is 7.41. The summed E-state index contributed by atoms with van der Waals surface area (Å²) in [5.74, 6) is 0.650. The van der Waals surface area contributed by atoms with Crippen molar-refractivity contribution in [2.75, 3.05) is 12.3 Å². The Balaban J connectivity index is 0.00000220. The number of hydrogen-bond donors (Lipinski definition) is 1. The van der Waals surface area contributed by atoms with Crippen LogP contribution in [0.15, 0.2) is 29.2 Å². The maximum atomic E-state index is 12.4. The standard InChI is InChI=1S/C15H21ClN2OS.ClH/c1-11(17)14-4-2-3-9-18(14)15(19)10-20-13-7-5-12(16)6-8-13;/h5-8,11,14H,2-4,9-10,17H2,1H3;1H. The minimum Gasteiger partial charge on any atom is -0.337 e. The molecule has 1 aromatic rings. The molecule has 1 aromatic carbocycles. The Hall–Kier alpha value is -0.420. The lowest BCUT2D eigenvalue weighted by Gasteiger charge is -2.38. The van der Waals surface area contributed by atoms with Gasteiger partial charge in [0.2, 0.25) is 5.91 Å². The number of piperidine rings is 1. The van der Waals surface area contributed by atoms with Crippen molar-refractivity contribution in [2.45, 2.75) is 43.2 Å². The van der Waals surface area contributed by atoms with Gasteiger partial charge in [-0.1, -0.05) is 11.6 Å². The van der Waals surface area contributed by atoms with E-state index in [-0.39, 0.29) is 30.4 Å². The SMILES string of the molecule is CC(N)C1CCCCN1C(=O)CSc1ccc(Cl)cc1.Cl. The summed E-state index contributed by atoms with van der Waals surface area (Å²) in [6, 6.07) is 7.82. The van der Waals surface area contributed by atoms with Crippen LogP contribution in [0.2, 0.25) is 5.02 Å². The Morgan fingerprint density at radius 2 is 2.10 bits per heavy atom. The van der Waals surface area contributed by atoms with E-state index in [0.29, 0.717) is 10.8 Å². The maximum Gasteiger partial charge on any atom is 0.233 e. The molecule has 2 atom stereocenters. The zero-order chi connectivity index (χ0) is 14.5. The van der Waals surface area contributed by atoms with Crippen LogP contribution < -0.4 is 5.73 Å². The summed E-state index contributed by atoms with van der Waals surface area (Å²) in [6.07, 6.45) is 3.27. The minimum atomic E-state index is 0. The quantitative estimate of drug-likeness (QED) is 0.845. The molecule has 1 fully saturated rings. The number of nitrogens with zero attached hydrogens (tertiary/aromatic N) is 1. The molecule has 21 heavy (non-hydrogen) atoms. The largest absolute Gasteiger partial charge is 0.337 e. The van der Waals surface area contributed by atoms with Crippen LogP contribution in [-0.4, -0.2) is 35.2 Å². The molecule has 2 rings (SSSR count). The van der Waals surface area contributed by atoms with E-state index in [4.69, 9.17) is 17.3 Å². The molecule has 1 saturated heterocycles. The van der Waals surface area contributed by atoms with Crippen LogP contribution in [-0.2, 0) is 4.79 Å². The number of carbonyl (C=O) groups excluding carboxylic acids is 1. The van der Waals surface area contributed by atoms with E-state index in [2.05, 4.69) is 0 Å². The van der Waals surface area contributed by atoms with Crippen LogP contribution in [0.3, 0.4) is 0 Å². The third-order valence-corrected chi connectivity index (χ3v) is 4.90. The number of nitrogens with two attached hydrogens (primary N) is 1. The fraction of sp³-hybridized carbons (Fsp3) is 0.533. The van der Waals surface area contributed by atoms with Crippen molar-refractivity contribution in [3.05, 3.63) is 29.3 Å². The number of hydrogen-bond acceptors (Lipinski definition) is 3. The number of benzene rings is 1. The average Bonchev–Trinajstić information content (AvgIpc) is 2.46. The molecule has 1 amide bonds. The Kier molecular flexibility index (Phi) is 7.88. The lowest BCUT2D eigenvalue weighted by atomic mass is 9.97. The second kappa shape index (κ2) is 8.89. The fourth-order valence-electron chi connectivity index (χ4n) is 2.57. The molecule has 0 saturated carbocycles. The third-order valence-electron chi connectivity index (χ3n) is 3.65. The summed E-state index contributed by atoms with van der Waals surface area (Å²) in [5.41, 5.74) is 6.00. The molecule has 0 spiro atoms. The lowest BCUT2D eigenvalue weighted by Crippen LogP contribution is -2.52. The number of rotatable bonds is 4. The van der Waals surface area contributed by atoms with Gasteiger partial charge in [0, 0.05) is 28.5 Å². The van der Waals surface area contributed by atoms with Crippen molar-refractivity contribution >= 4 is 41.7 Å². The first-order valence-corrected chi connectivity index (χ1v) is 8.37.